The predicted molar refractivity (Wildman–Crippen MR) is 112 cm³/mol. The molecule has 0 bridgehead atoms. The van der Waals surface area contributed by atoms with E-state index in [2.05, 4.69) is 10.6 Å². The smallest absolute Gasteiger partial charge is 0.296 e. The van der Waals surface area contributed by atoms with Crippen molar-refractivity contribution in [2.45, 2.75) is 13.3 Å². The number of hydrogen-bond acceptors (Lipinski definition) is 6. The van der Waals surface area contributed by atoms with Crippen molar-refractivity contribution in [3.8, 4) is 17.2 Å². The number of hydrogen-bond donors (Lipinski definition) is 2. The number of nitro benzene ring substituents is 1. The summed E-state index contributed by atoms with van der Waals surface area (Å²) in [7, 11) is 3.17. The van der Waals surface area contributed by atoms with Gasteiger partial charge in [-0.25, -0.2) is 0 Å². The molecule has 0 fully saturated rings. The van der Waals surface area contributed by atoms with Gasteiger partial charge in [-0.15, -0.1) is 0 Å². The van der Waals surface area contributed by atoms with Crippen molar-refractivity contribution < 1.29 is 19.1 Å². The highest BCUT2D eigenvalue weighted by Crippen LogP contribution is 2.29. The van der Waals surface area contributed by atoms with Gasteiger partial charge < -0.3 is 24.8 Å². The molecule has 28 heavy (non-hydrogen) atoms. The van der Waals surface area contributed by atoms with Crippen LogP contribution < -0.4 is 24.8 Å². The van der Waals surface area contributed by atoms with E-state index in [9.17, 15) is 10.1 Å². The summed E-state index contributed by atoms with van der Waals surface area (Å²) in [6, 6.07) is 10.3. The first-order chi connectivity index (χ1) is 13.5. The van der Waals surface area contributed by atoms with Gasteiger partial charge in [0.2, 0.25) is 0 Å². The Morgan fingerprint density at radius 1 is 1.14 bits per heavy atom. The third kappa shape index (κ3) is 5.71. The molecule has 2 N–H and O–H groups in total. The van der Waals surface area contributed by atoms with Crippen LogP contribution in [0.15, 0.2) is 36.4 Å². The van der Waals surface area contributed by atoms with Gasteiger partial charge in [0.1, 0.15) is 11.4 Å². The second-order valence-electron chi connectivity index (χ2n) is 5.69. The van der Waals surface area contributed by atoms with Crippen molar-refractivity contribution >= 4 is 28.7 Å². The SMILES string of the molecule is CCOc1ccc(NC(=S)NCCc2ccc(OC)c(OC)c2)c([N+](=O)[O-])c1. The lowest BCUT2D eigenvalue weighted by molar-refractivity contribution is -0.384. The minimum absolute atomic E-state index is 0.102. The van der Waals surface area contributed by atoms with E-state index >= 15 is 0 Å². The molecule has 0 aliphatic heterocycles. The van der Waals surface area contributed by atoms with Gasteiger partial charge in [-0.1, -0.05) is 6.07 Å². The summed E-state index contributed by atoms with van der Waals surface area (Å²) in [6.45, 7) is 2.79. The van der Waals surface area contributed by atoms with Crippen LogP contribution in [0.3, 0.4) is 0 Å². The lowest BCUT2D eigenvalue weighted by Crippen LogP contribution is -2.30. The van der Waals surface area contributed by atoms with Crippen LogP contribution in [0, 0.1) is 10.1 Å². The molecule has 2 aromatic carbocycles. The molecule has 0 amide bonds. The monoisotopic (exact) mass is 405 g/mol. The van der Waals surface area contributed by atoms with Gasteiger partial charge in [-0.05, 0) is 55.4 Å². The Labute approximate surface area is 168 Å². The molecule has 2 aromatic rings. The van der Waals surface area contributed by atoms with E-state index in [-0.39, 0.29) is 5.69 Å². The van der Waals surface area contributed by atoms with Gasteiger partial charge >= 0.3 is 0 Å². The highest BCUT2D eigenvalue weighted by molar-refractivity contribution is 7.80. The standard InChI is InChI=1S/C19H23N3O5S/c1-4-27-14-6-7-15(16(12-14)22(23)24)21-19(28)20-10-9-13-5-8-17(25-2)18(11-13)26-3/h5-8,11-12H,4,9-10H2,1-3H3,(H2,20,21,28). The van der Waals surface area contributed by atoms with E-state index in [1.54, 1.807) is 26.4 Å². The Morgan fingerprint density at radius 2 is 1.89 bits per heavy atom. The zero-order valence-electron chi connectivity index (χ0n) is 16.0. The van der Waals surface area contributed by atoms with Crippen LogP contribution in [0.25, 0.3) is 0 Å². The number of thiocarbonyl (C=S) groups is 1. The Hall–Kier alpha value is -3.07. The van der Waals surface area contributed by atoms with E-state index in [0.717, 1.165) is 5.56 Å². The molecule has 0 aliphatic carbocycles. The average Bonchev–Trinajstić information content (AvgIpc) is 2.69. The van der Waals surface area contributed by atoms with E-state index in [1.807, 2.05) is 25.1 Å². The van der Waals surface area contributed by atoms with Crippen molar-refractivity contribution in [2.24, 2.45) is 0 Å². The minimum Gasteiger partial charge on any atom is -0.494 e. The summed E-state index contributed by atoms with van der Waals surface area (Å²) < 4.78 is 15.8. The molecule has 8 nitrogen and oxygen atoms in total. The molecule has 0 atom stereocenters. The zero-order valence-corrected chi connectivity index (χ0v) is 16.8. The molecular formula is C19H23N3O5S. The van der Waals surface area contributed by atoms with Gasteiger partial charge in [-0.2, -0.15) is 0 Å². The minimum atomic E-state index is -0.475. The van der Waals surface area contributed by atoms with E-state index in [1.165, 1.54) is 6.07 Å². The fourth-order valence-corrected chi connectivity index (χ4v) is 2.76. The van der Waals surface area contributed by atoms with Gasteiger partial charge in [-0.3, -0.25) is 10.1 Å². The summed E-state index contributed by atoms with van der Waals surface area (Å²) in [5.41, 5.74) is 1.24. The number of nitro groups is 1. The predicted octanol–water partition coefficient (Wildman–Crippen LogP) is 3.54. The highest BCUT2D eigenvalue weighted by atomic mass is 32.1. The lowest BCUT2D eigenvalue weighted by atomic mass is 10.1. The summed E-state index contributed by atoms with van der Waals surface area (Å²) in [4.78, 5) is 10.8. The third-order valence-corrected chi connectivity index (χ3v) is 4.12. The summed E-state index contributed by atoms with van der Waals surface area (Å²) in [6.07, 6.45) is 0.688. The summed E-state index contributed by atoms with van der Waals surface area (Å²) >= 11 is 5.25. The molecule has 2 rings (SSSR count). The van der Waals surface area contributed by atoms with Crippen molar-refractivity contribution in [2.75, 3.05) is 32.7 Å². The topological polar surface area (TPSA) is 94.9 Å². The molecule has 0 saturated carbocycles. The first-order valence-electron chi connectivity index (χ1n) is 8.65. The van der Waals surface area contributed by atoms with Crippen molar-refractivity contribution in [3.05, 3.63) is 52.1 Å². The van der Waals surface area contributed by atoms with Gasteiger partial charge in [0.15, 0.2) is 16.6 Å². The summed E-state index contributed by atoms with van der Waals surface area (Å²) in [5.74, 6) is 1.76. The Balaban J connectivity index is 1.95. The van der Waals surface area contributed by atoms with Crippen molar-refractivity contribution in [1.82, 2.24) is 5.32 Å². The highest BCUT2D eigenvalue weighted by Gasteiger charge is 2.16. The normalized spacial score (nSPS) is 10.1. The molecule has 0 heterocycles. The molecule has 150 valence electrons. The summed E-state index contributed by atoms with van der Waals surface area (Å²) in [5, 5.41) is 17.5. The van der Waals surface area contributed by atoms with Crippen molar-refractivity contribution in [3.63, 3.8) is 0 Å². The number of nitrogens with zero attached hydrogens (tertiary/aromatic N) is 1. The van der Waals surface area contributed by atoms with E-state index in [0.29, 0.717) is 47.6 Å². The Morgan fingerprint density at radius 3 is 2.54 bits per heavy atom. The molecule has 9 heteroatoms. The van der Waals surface area contributed by atoms with Crippen LogP contribution in [-0.2, 0) is 6.42 Å². The molecule has 0 radical (unpaired) electrons. The number of rotatable bonds is 9. The third-order valence-electron chi connectivity index (χ3n) is 3.87. The van der Waals surface area contributed by atoms with E-state index < -0.39 is 4.92 Å². The number of methoxy groups -OCH3 is 2. The number of anilines is 1. The number of ether oxygens (including phenoxy) is 3. The fourth-order valence-electron chi connectivity index (χ4n) is 2.55. The molecular weight excluding hydrogens is 382 g/mol. The largest absolute Gasteiger partial charge is 0.494 e. The number of benzene rings is 2. The van der Waals surface area contributed by atoms with E-state index in [4.69, 9.17) is 26.4 Å². The zero-order chi connectivity index (χ0) is 20.5. The first-order valence-corrected chi connectivity index (χ1v) is 9.06. The lowest BCUT2D eigenvalue weighted by Gasteiger charge is -2.13. The quantitative estimate of drug-likeness (QED) is 0.372. The average molecular weight is 405 g/mol. The first kappa shape index (κ1) is 21.2. The van der Waals surface area contributed by atoms with Crippen LogP contribution >= 0.6 is 12.2 Å². The van der Waals surface area contributed by atoms with Crippen LogP contribution in [0.1, 0.15) is 12.5 Å². The van der Waals surface area contributed by atoms with Gasteiger partial charge in [0.25, 0.3) is 5.69 Å². The maximum absolute atomic E-state index is 11.3. The Kier molecular flexibility index (Phi) is 7.82. The van der Waals surface area contributed by atoms with Crippen molar-refractivity contribution in [1.29, 1.82) is 0 Å². The molecule has 0 aliphatic rings. The van der Waals surface area contributed by atoms with Crippen LogP contribution in [0.2, 0.25) is 0 Å². The molecule has 0 unspecified atom stereocenters. The maximum atomic E-state index is 11.3. The van der Waals surface area contributed by atoms with Crippen LogP contribution in [0.4, 0.5) is 11.4 Å². The second kappa shape index (κ2) is 10.3. The Bertz CT molecular complexity index is 844. The maximum Gasteiger partial charge on any atom is 0.296 e. The molecule has 0 saturated heterocycles. The number of nitrogens with one attached hydrogen (secondary N) is 2. The second-order valence-corrected chi connectivity index (χ2v) is 6.10. The molecule has 0 aromatic heterocycles. The van der Waals surface area contributed by atoms with Crippen LogP contribution in [0.5, 0.6) is 17.2 Å². The van der Waals surface area contributed by atoms with Gasteiger partial charge in [0.05, 0.1) is 31.8 Å². The van der Waals surface area contributed by atoms with Crippen LogP contribution in [-0.4, -0.2) is 37.4 Å². The van der Waals surface area contributed by atoms with Gasteiger partial charge in [0, 0.05) is 6.54 Å². The fraction of sp³-hybridized carbons (Fsp3) is 0.316. The molecule has 0 spiro atoms.